The van der Waals surface area contributed by atoms with E-state index < -0.39 is 0 Å². The fourth-order valence-electron chi connectivity index (χ4n) is 3.91. The SMILES string of the molecule is CC(C)c1ccc(N2CC(C(=O)N3CC(c4cccnc4)C3)CC2=O)cc1. The maximum absolute atomic E-state index is 12.8. The van der Waals surface area contributed by atoms with Crippen LogP contribution in [0.5, 0.6) is 0 Å². The highest BCUT2D eigenvalue weighted by atomic mass is 16.2. The summed E-state index contributed by atoms with van der Waals surface area (Å²) < 4.78 is 0. The van der Waals surface area contributed by atoms with E-state index in [2.05, 4.69) is 37.0 Å². The molecule has 2 aliphatic heterocycles. The summed E-state index contributed by atoms with van der Waals surface area (Å²) in [7, 11) is 0. The molecule has 3 heterocycles. The molecule has 0 bridgehead atoms. The van der Waals surface area contributed by atoms with Gasteiger partial charge in [-0.05, 0) is 35.2 Å². The van der Waals surface area contributed by atoms with Crippen molar-refractivity contribution in [3.05, 3.63) is 59.9 Å². The summed E-state index contributed by atoms with van der Waals surface area (Å²) >= 11 is 0. The maximum Gasteiger partial charge on any atom is 0.228 e. The predicted octanol–water partition coefficient (Wildman–Crippen LogP) is 3.18. The Morgan fingerprint density at radius 1 is 1.11 bits per heavy atom. The lowest BCUT2D eigenvalue weighted by Gasteiger charge is -2.40. The molecule has 1 aromatic heterocycles. The van der Waals surface area contributed by atoms with E-state index in [0.717, 1.165) is 18.8 Å². The minimum Gasteiger partial charge on any atom is -0.341 e. The monoisotopic (exact) mass is 363 g/mol. The molecule has 0 spiro atoms. The van der Waals surface area contributed by atoms with Crippen molar-refractivity contribution in [1.29, 1.82) is 0 Å². The largest absolute Gasteiger partial charge is 0.341 e. The van der Waals surface area contributed by atoms with E-state index >= 15 is 0 Å². The number of carbonyl (C=O) groups excluding carboxylic acids is 2. The molecule has 2 saturated heterocycles. The molecule has 2 fully saturated rings. The minimum atomic E-state index is -0.239. The number of benzene rings is 1. The molecule has 0 saturated carbocycles. The lowest BCUT2D eigenvalue weighted by Crippen LogP contribution is -2.51. The van der Waals surface area contributed by atoms with Gasteiger partial charge in [-0.25, -0.2) is 0 Å². The first-order chi connectivity index (χ1) is 13.0. The second-order valence-electron chi connectivity index (χ2n) is 7.88. The zero-order chi connectivity index (χ0) is 19.0. The van der Waals surface area contributed by atoms with Crippen molar-refractivity contribution in [2.75, 3.05) is 24.5 Å². The third kappa shape index (κ3) is 3.46. The van der Waals surface area contributed by atoms with Gasteiger partial charge < -0.3 is 9.80 Å². The quantitative estimate of drug-likeness (QED) is 0.838. The summed E-state index contributed by atoms with van der Waals surface area (Å²) in [5, 5.41) is 0. The van der Waals surface area contributed by atoms with Crippen LogP contribution in [0.4, 0.5) is 5.69 Å². The molecule has 27 heavy (non-hydrogen) atoms. The molecule has 0 radical (unpaired) electrons. The van der Waals surface area contributed by atoms with Gasteiger partial charge in [0, 0.05) is 50.1 Å². The van der Waals surface area contributed by atoms with E-state index in [1.165, 1.54) is 11.1 Å². The van der Waals surface area contributed by atoms with Crippen LogP contribution in [-0.2, 0) is 9.59 Å². The molecule has 1 aromatic carbocycles. The number of rotatable bonds is 4. The maximum atomic E-state index is 12.8. The van der Waals surface area contributed by atoms with Crippen LogP contribution < -0.4 is 4.90 Å². The van der Waals surface area contributed by atoms with Crippen LogP contribution in [0.15, 0.2) is 48.8 Å². The van der Waals surface area contributed by atoms with Gasteiger partial charge in [-0.1, -0.05) is 32.0 Å². The van der Waals surface area contributed by atoms with Gasteiger partial charge in [-0.3, -0.25) is 14.6 Å². The average molecular weight is 363 g/mol. The van der Waals surface area contributed by atoms with E-state index in [-0.39, 0.29) is 17.7 Å². The van der Waals surface area contributed by atoms with Crippen LogP contribution >= 0.6 is 0 Å². The lowest BCUT2D eigenvalue weighted by atomic mass is 9.91. The lowest BCUT2D eigenvalue weighted by molar-refractivity contribution is -0.140. The Balaban J connectivity index is 1.37. The van der Waals surface area contributed by atoms with Crippen molar-refractivity contribution in [3.8, 4) is 0 Å². The molecule has 1 atom stereocenters. The number of amides is 2. The van der Waals surface area contributed by atoms with Gasteiger partial charge in [0.1, 0.15) is 0 Å². The molecule has 0 aliphatic carbocycles. The van der Waals surface area contributed by atoms with E-state index in [0.29, 0.717) is 24.8 Å². The van der Waals surface area contributed by atoms with Gasteiger partial charge in [0.2, 0.25) is 11.8 Å². The Kier molecular flexibility index (Phi) is 4.68. The van der Waals surface area contributed by atoms with Crippen LogP contribution in [0.1, 0.15) is 43.2 Å². The Labute approximate surface area is 160 Å². The highest BCUT2D eigenvalue weighted by Crippen LogP contribution is 2.32. The van der Waals surface area contributed by atoms with Crippen LogP contribution in [0.2, 0.25) is 0 Å². The van der Waals surface area contributed by atoms with Crippen LogP contribution in [0, 0.1) is 5.92 Å². The number of carbonyl (C=O) groups is 2. The number of aromatic nitrogens is 1. The second-order valence-corrected chi connectivity index (χ2v) is 7.88. The zero-order valence-corrected chi connectivity index (χ0v) is 15.8. The fourth-order valence-corrected chi connectivity index (χ4v) is 3.91. The van der Waals surface area contributed by atoms with Crippen molar-refractivity contribution < 1.29 is 9.59 Å². The highest BCUT2D eigenvalue weighted by Gasteiger charge is 2.41. The first-order valence-electron chi connectivity index (χ1n) is 9.62. The van der Waals surface area contributed by atoms with Crippen LogP contribution in [0.3, 0.4) is 0 Å². The average Bonchev–Trinajstić information content (AvgIpc) is 3.03. The van der Waals surface area contributed by atoms with Gasteiger partial charge >= 0.3 is 0 Å². The number of pyridine rings is 1. The number of hydrogen-bond donors (Lipinski definition) is 0. The van der Waals surface area contributed by atoms with Crippen molar-refractivity contribution >= 4 is 17.5 Å². The van der Waals surface area contributed by atoms with E-state index in [4.69, 9.17) is 0 Å². The van der Waals surface area contributed by atoms with Gasteiger partial charge in [0.25, 0.3) is 0 Å². The number of nitrogens with zero attached hydrogens (tertiary/aromatic N) is 3. The number of likely N-dealkylation sites (tertiary alicyclic amines) is 1. The molecule has 140 valence electrons. The Hall–Kier alpha value is -2.69. The normalized spacial score (nSPS) is 20.3. The summed E-state index contributed by atoms with van der Waals surface area (Å²) in [6.07, 6.45) is 3.93. The molecule has 5 nitrogen and oxygen atoms in total. The molecule has 2 amide bonds. The smallest absolute Gasteiger partial charge is 0.228 e. The van der Waals surface area contributed by atoms with Crippen molar-refractivity contribution in [2.45, 2.75) is 32.1 Å². The third-order valence-corrected chi connectivity index (χ3v) is 5.69. The van der Waals surface area contributed by atoms with E-state index in [9.17, 15) is 9.59 Å². The van der Waals surface area contributed by atoms with Crippen LogP contribution in [-0.4, -0.2) is 41.3 Å². The first-order valence-corrected chi connectivity index (χ1v) is 9.62. The van der Waals surface area contributed by atoms with Crippen molar-refractivity contribution in [3.63, 3.8) is 0 Å². The molecule has 5 heteroatoms. The molecule has 4 rings (SSSR count). The Morgan fingerprint density at radius 3 is 2.48 bits per heavy atom. The van der Waals surface area contributed by atoms with Gasteiger partial charge in [0.15, 0.2) is 0 Å². The molecule has 0 N–H and O–H groups in total. The fraction of sp³-hybridized carbons (Fsp3) is 0.409. The molecule has 2 aromatic rings. The third-order valence-electron chi connectivity index (χ3n) is 5.69. The minimum absolute atomic E-state index is 0.0370. The standard InChI is InChI=1S/C22H25N3O2/c1-15(2)16-5-7-20(8-6-16)25-14-18(10-21(25)26)22(27)24-12-19(13-24)17-4-3-9-23-11-17/h3-9,11,15,18-19H,10,12-14H2,1-2H3. The predicted molar refractivity (Wildman–Crippen MR) is 105 cm³/mol. The second kappa shape index (κ2) is 7.14. The van der Waals surface area contributed by atoms with Gasteiger partial charge in [-0.15, -0.1) is 0 Å². The summed E-state index contributed by atoms with van der Waals surface area (Å²) in [5.74, 6) is 0.721. The van der Waals surface area contributed by atoms with Crippen molar-refractivity contribution in [1.82, 2.24) is 9.88 Å². The van der Waals surface area contributed by atoms with Crippen LogP contribution in [0.25, 0.3) is 0 Å². The first kappa shape index (κ1) is 17.7. The topological polar surface area (TPSA) is 53.5 Å². The number of anilines is 1. The van der Waals surface area contributed by atoms with Gasteiger partial charge in [0.05, 0.1) is 5.92 Å². The summed E-state index contributed by atoms with van der Waals surface area (Å²) in [6, 6.07) is 12.1. The summed E-state index contributed by atoms with van der Waals surface area (Å²) in [6.45, 7) is 6.22. The van der Waals surface area contributed by atoms with E-state index in [1.54, 1.807) is 11.1 Å². The highest BCUT2D eigenvalue weighted by molar-refractivity contribution is 6.00. The molecular formula is C22H25N3O2. The summed E-state index contributed by atoms with van der Waals surface area (Å²) in [4.78, 5) is 33.1. The van der Waals surface area contributed by atoms with Crippen molar-refractivity contribution in [2.24, 2.45) is 5.92 Å². The zero-order valence-electron chi connectivity index (χ0n) is 15.8. The van der Waals surface area contributed by atoms with Gasteiger partial charge in [-0.2, -0.15) is 0 Å². The van der Waals surface area contributed by atoms with E-state index in [1.807, 2.05) is 29.3 Å². The Morgan fingerprint density at radius 2 is 1.85 bits per heavy atom. The Bertz CT molecular complexity index is 826. The summed E-state index contributed by atoms with van der Waals surface area (Å²) in [5.41, 5.74) is 3.31. The number of hydrogen-bond acceptors (Lipinski definition) is 3. The molecule has 1 unspecified atom stereocenters. The molecule has 2 aliphatic rings. The molecular weight excluding hydrogens is 338 g/mol.